The Hall–Kier alpha value is -4.16. The van der Waals surface area contributed by atoms with Gasteiger partial charge >= 0.3 is 5.97 Å². The number of carboxylic acids is 1. The average Bonchev–Trinajstić information content (AvgIpc) is 3.21. The van der Waals surface area contributed by atoms with Crippen molar-refractivity contribution in [3.05, 3.63) is 101 Å². The Kier molecular flexibility index (Phi) is 6.44. The first-order chi connectivity index (χ1) is 17.5. The van der Waals surface area contributed by atoms with Crippen LogP contribution in [-0.4, -0.2) is 41.7 Å². The van der Waals surface area contributed by atoms with Crippen LogP contribution < -0.4 is 10.1 Å². The van der Waals surface area contributed by atoms with Gasteiger partial charge in [-0.1, -0.05) is 48.5 Å². The molecule has 1 aromatic heterocycles. The van der Waals surface area contributed by atoms with Crippen LogP contribution in [0.4, 0.5) is 5.69 Å². The number of aromatic carboxylic acids is 1. The highest BCUT2D eigenvalue weighted by molar-refractivity contribution is 5.93. The molecule has 0 spiro atoms. The van der Waals surface area contributed by atoms with Gasteiger partial charge in [-0.3, -0.25) is 9.88 Å². The molecular formula is C30H29N3O3. The summed E-state index contributed by atoms with van der Waals surface area (Å²) in [6.45, 7) is 3.59. The molecule has 1 atom stereocenters. The van der Waals surface area contributed by atoms with Gasteiger partial charge in [-0.05, 0) is 65.6 Å². The lowest BCUT2D eigenvalue weighted by molar-refractivity contribution is 0.0697. The van der Waals surface area contributed by atoms with Crippen molar-refractivity contribution in [1.29, 1.82) is 0 Å². The van der Waals surface area contributed by atoms with Crippen molar-refractivity contribution < 1.29 is 14.6 Å². The number of nitrogens with zero attached hydrogens (tertiary/aromatic N) is 2. The predicted molar refractivity (Wildman–Crippen MR) is 142 cm³/mol. The maximum atomic E-state index is 11.5. The van der Waals surface area contributed by atoms with Crippen molar-refractivity contribution in [2.75, 3.05) is 26.0 Å². The number of benzene rings is 3. The lowest BCUT2D eigenvalue weighted by Crippen LogP contribution is -2.24. The molecule has 0 unspecified atom stereocenters. The van der Waals surface area contributed by atoms with E-state index < -0.39 is 5.97 Å². The number of fused-ring (bicyclic) bond motifs is 1. The molecule has 0 fully saturated rings. The Balaban J connectivity index is 1.39. The van der Waals surface area contributed by atoms with Gasteiger partial charge in [-0.25, -0.2) is 4.79 Å². The van der Waals surface area contributed by atoms with Crippen molar-refractivity contribution >= 4 is 11.7 Å². The van der Waals surface area contributed by atoms with Crippen LogP contribution >= 0.6 is 0 Å². The number of pyridine rings is 1. The van der Waals surface area contributed by atoms with Gasteiger partial charge < -0.3 is 15.2 Å². The average molecular weight is 480 g/mol. The van der Waals surface area contributed by atoms with Gasteiger partial charge in [0, 0.05) is 24.8 Å². The maximum Gasteiger partial charge on any atom is 0.337 e. The van der Waals surface area contributed by atoms with Gasteiger partial charge in [-0.2, -0.15) is 0 Å². The van der Waals surface area contributed by atoms with E-state index in [0.29, 0.717) is 12.2 Å². The lowest BCUT2D eigenvalue weighted by atomic mass is 9.93. The molecule has 0 aliphatic carbocycles. The van der Waals surface area contributed by atoms with E-state index in [1.165, 1.54) is 40.1 Å². The number of hydrogen-bond acceptors (Lipinski definition) is 5. The fraction of sp³-hybridized carbons (Fsp3) is 0.200. The van der Waals surface area contributed by atoms with Crippen molar-refractivity contribution in [3.63, 3.8) is 0 Å². The number of aryl methyl sites for hydroxylation is 1. The van der Waals surface area contributed by atoms with Crippen LogP contribution in [0.25, 0.3) is 22.3 Å². The zero-order chi connectivity index (χ0) is 25.2. The zero-order valence-electron chi connectivity index (χ0n) is 20.7. The number of nitrogens with one attached hydrogen (secondary N) is 1. The fourth-order valence-electron chi connectivity index (χ4n) is 5.08. The number of rotatable bonds is 7. The molecule has 182 valence electrons. The summed E-state index contributed by atoms with van der Waals surface area (Å²) in [6.07, 6.45) is 3.07. The fourth-order valence-corrected chi connectivity index (χ4v) is 5.08. The Labute approximate surface area is 211 Å². The molecule has 1 aliphatic rings. The Morgan fingerprint density at radius 3 is 2.64 bits per heavy atom. The lowest BCUT2D eigenvalue weighted by Gasteiger charge is -2.22. The molecule has 0 radical (unpaired) electrons. The minimum Gasteiger partial charge on any atom is -0.496 e. The van der Waals surface area contributed by atoms with E-state index in [4.69, 9.17) is 4.74 Å². The molecule has 36 heavy (non-hydrogen) atoms. The molecule has 1 aliphatic heterocycles. The zero-order valence-corrected chi connectivity index (χ0v) is 20.7. The number of para-hydroxylation sites is 1. The molecule has 0 saturated heterocycles. The van der Waals surface area contributed by atoms with Crippen LogP contribution in [-0.2, 0) is 6.54 Å². The molecule has 0 bridgehead atoms. The number of hydrogen-bond donors (Lipinski definition) is 2. The minimum absolute atomic E-state index is 0.143. The highest BCUT2D eigenvalue weighted by Crippen LogP contribution is 2.38. The van der Waals surface area contributed by atoms with E-state index in [9.17, 15) is 9.90 Å². The van der Waals surface area contributed by atoms with Gasteiger partial charge in [0.2, 0.25) is 0 Å². The van der Waals surface area contributed by atoms with Crippen LogP contribution in [0.1, 0.15) is 33.1 Å². The van der Waals surface area contributed by atoms with E-state index >= 15 is 0 Å². The van der Waals surface area contributed by atoms with E-state index in [1.54, 1.807) is 13.3 Å². The van der Waals surface area contributed by atoms with Crippen molar-refractivity contribution in [1.82, 2.24) is 9.88 Å². The topological polar surface area (TPSA) is 74.7 Å². The second-order valence-electron chi connectivity index (χ2n) is 9.18. The molecule has 5 rings (SSSR count). The highest BCUT2D eigenvalue weighted by atomic mass is 16.5. The second kappa shape index (κ2) is 9.84. The van der Waals surface area contributed by atoms with Crippen molar-refractivity contribution in [3.8, 4) is 28.0 Å². The second-order valence-corrected chi connectivity index (χ2v) is 9.18. The van der Waals surface area contributed by atoms with Crippen molar-refractivity contribution in [2.45, 2.75) is 19.5 Å². The monoisotopic (exact) mass is 479 g/mol. The van der Waals surface area contributed by atoms with E-state index in [1.807, 2.05) is 18.2 Å². The number of carbonyl (C=O) groups is 1. The minimum atomic E-state index is -0.961. The third kappa shape index (κ3) is 4.43. The van der Waals surface area contributed by atoms with E-state index in [-0.39, 0.29) is 11.6 Å². The molecule has 4 aromatic rings. The van der Waals surface area contributed by atoms with Gasteiger partial charge in [0.25, 0.3) is 0 Å². The third-order valence-corrected chi connectivity index (χ3v) is 6.95. The molecule has 3 aromatic carbocycles. The Bertz CT molecular complexity index is 1430. The number of aromatic nitrogens is 1. The first kappa shape index (κ1) is 23.6. The number of carboxylic acid groups (broad SMARTS) is 1. The third-order valence-electron chi connectivity index (χ3n) is 6.95. The van der Waals surface area contributed by atoms with Crippen LogP contribution in [0, 0.1) is 6.92 Å². The van der Waals surface area contributed by atoms with Crippen LogP contribution in [0.15, 0.2) is 79.1 Å². The Morgan fingerprint density at radius 2 is 1.86 bits per heavy atom. The molecule has 2 N–H and O–H groups in total. The first-order valence-corrected chi connectivity index (χ1v) is 11.9. The quantitative estimate of drug-likeness (QED) is 0.337. The smallest absolute Gasteiger partial charge is 0.337 e. The molecule has 0 saturated carbocycles. The molecule has 6 nitrogen and oxygen atoms in total. The maximum absolute atomic E-state index is 11.5. The van der Waals surface area contributed by atoms with E-state index in [0.717, 1.165) is 23.4 Å². The largest absolute Gasteiger partial charge is 0.496 e. The molecule has 2 heterocycles. The number of ether oxygens (including phenoxy) is 1. The summed E-state index contributed by atoms with van der Waals surface area (Å²) in [6, 6.07) is 23.0. The summed E-state index contributed by atoms with van der Waals surface area (Å²) in [5.74, 6) is -0.0940. The van der Waals surface area contributed by atoms with E-state index in [2.05, 4.69) is 71.6 Å². The number of methoxy groups -OCH3 is 1. The predicted octanol–water partition coefficient (Wildman–Crippen LogP) is 6.03. The van der Waals surface area contributed by atoms with Gasteiger partial charge in [0.1, 0.15) is 5.75 Å². The number of anilines is 1. The highest BCUT2D eigenvalue weighted by Gasteiger charge is 2.28. The summed E-state index contributed by atoms with van der Waals surface area (Å²) < 4.78 is 5.55. The summed E-state index contributed by atoms with van der Waals surface area (Å²) in [7, 11) is 3.80. The summed E-state index contributed by atoms with van der Waals surface area (Å²) in [4.78, 5) is 17.9. The van der Waals surface area contributed by atoms with Gasteiger partial charge in [0.15, 0.2) is 0 Å². The normalized spacial score (nSPS) is 14.9. The molecule has 0 amide bonds. The summed E-state index contributed by atoms with van der Waals surface area (Å²) >= 11 is 0. The van der Waals surface area contributed by atoms with Gasteiger partial charge in [-0.15, -0.1) is 0 Å². The summed E-state index contributed by atoms with van der Waals surface area (Å²) in [5.41, 5.74) is 9.15. The van der Waals surface area contributed by atoms with Crippen molar-refractivity contribution in [2.24, 2.45) is 0 Å². The molecular weight excluding hydrogens is 450 g/mol. The number of likely N-dealkylation sites (N-methyl/N-ethyl adjacent to an activating group) is 1. The standard InChI is InChI=1S/C30H29N3O3/c1-19-14-20(25-6-4-5-7-29(25)36-3)8-10-23(19)21-9-11-24-22(15-21)18-33(2)28(24)17-32-27-16-31-13-12-26(27)30(34)35/h4-16,28,32H,17-18H2,1-3H3,(H,34,35)/t28-/m0/s1. The SMILES string of the molecule is COc1ccccc1-c1ccc(-c2ccc3c(c2)CN(C)[C@H]3CNc2cnccc2C(=O)O)c(C)c1. The first-order valence-electron chi connectivity index (χ1n) is 11.9. The van der Waals surface area contributed by atoms with Crippen LogP contribution in [0.2, 0.25) is 0 Å². The molecule has 6 heteroatoms. The Morgan fingerprint density at radius 1 is 1.08 bits per heavy atom. The van der Waals surface area contributed by atoms with Crippen LogP contribution in [0.5, 0.6) is 5.75 Å². The van der Waals surface area contributed by atoms with Gasteiger partial charge in [0.05, 0.1) is 30.6 Å². The van der Waals surface area contributed by atoms with Crippen LogP contribution in [0.3, 0.4) is 0 Å². The summed E-state index contributed by atoms with van der Waals surface area (Å²) in [5, 5.41) is 12.8.